The molecule has 1 rings (SSSR count). The Bertz CT molecular complexity index is 435. The first kappa shape index (κ1) is 13.8. The van der Waals surface area contributed by atoms with Gasteiger partial charge in [-0.25, -0.2) is 4.39 Å². The monoisotopic (exact) mass is 257 g/mol. The molecule has 0 spiro atoms. The van der Waals surface area contributed by atoms with Crippen LogP contribution in [-0.4, -0.2) is 28.2 Å². The molecule has 0 aliphatic carbocycles. The topological polar surface area (TPSA) is 46.2 Å². The Labute approximate surface area is 103 Å². The lowest BCUT2D eigenvalue weighted by molar-refractivity contribution is 0.0955. The van der Waals surface area contributed by atoms with Gasteiger partial charge in [0.05, 0.1) is 0 Å². The van der Waals surface area contributed by atoms with Gasteiger partial charge in [-0.05, 0) is 30.7 Å². The van der Waals surface area contributed by atoms with Crippen LogP contribution in [0, 0.1) is 12.7 Å². The van der Waals surface area contributed by atoms with Crippen LogP contribution in [0.3, 0.4) is 0 Å². The predicted octanol–water partition coefficient (Wildman–Crippen LogP) is 1.63. The molecule has 1 atom stereocenters. The smallest absolute Gasteiger partial charge is 0.251 e. The third-order valence-corrected chi connectivity index (χ3v) is 3.67. The van der Waals surface area contributed by atoms with Crippen LogP contribution in [0.15, 0.2) is 18.2 Å². The van der Waals surface area contributed by atoms with Crippen molar-refractivity contribution in [3.05, 3.63) is 35.1 Å². The van der Waals surface area contributed by atoms with E-state index in [9.17, 15) is 13.4 Å². The van der Waals surface area contributed by atoms with Crippen molar-refractivity contribution in [3.63, 3.8) is 0 Å². The molecule has 1 aromatic rings. The Morgan fingerprint density at radius 3 is 2.76 bits per heavy atom. The summed E-state index contributed by atoms with van der Waals surface area (Å²) >= 11 is 0. The van der Waals surface area contributed by atoms with E-state index in [1.807, 2.05) is 6.92 Å². The molecule has 0 fully saturated rings. The van der Waals surface area contributed by atoms with E-state index >= 15 is 0 Å². The summed E-state index contributed by atoms with van der Waals surface area (Å²) in [6.45, 7) is 3.89. The minimum atomic E-state index is -0.884. The first-order valence-electron chi connectivity index (χ1n) is 5.44. The summed E-state index contributed by atoms with van der Waals surface area (Å²) in [7, 11) is -0.884. The van der Waals surface area contributed by atoms with Gasteiger partial charge < -0.3 is 5.32 Å². The molecular formula is C12H16FNO2S. The molecule has 0 aliphatic heterocycles. The lowest BCUT2D eigenvalue weighted by Crippen LogP contribution is -2.28. The predicted molar refractivity (Wildman–Crippen MR) is 67.0 cm³/mol. The Morgan fingerprint density at radius 1 is 1.47 bits per heavy atom. The number of nitrogens with one attached hydrogen (secondary N) is 1. The quantitative estimate of drug-likeness (QED) is 0.871. The van der Waals surface area contributed by atoms with Crippen molar-refractivity contribution >= 4 is 16.7 Å². The molecular weight excluding hydrogens is 241 g/mol. The van der Waals surface area contributed by atoms with Gasteiger partial charge in [0.25, 0.3) is 5.91 Å². The van der Waals surface area contributed by atoms with Gasteiger partial charge >= 0.3 is 0 Å². The molecule has 0 saturated heterocycles. The number of halogens is 1. The summed E-state index contributed by atoms with van der Waals surface area (Å²) in [5.41, 5.74) is 1.05. The fraction of sp³-hybridized carbons (Fsp3) is 0.417. The number of amides is 1. The second-order valence-corrected chi connectivity index (χ2v) is 5.51. The van der Waals surface area contributed by atoms with Crippen molar-refractivity contribution in [3.8, 4) is 0 Å². The Kier molecular flexibility index (Phi) is 5.28. The fourth-order valence-corrected chi connectivity index (χ4v) is 2.02. The summed E-state index contributed by atoms with van der Waals surface area (Å²) < 4.78 is 24.0. The molecule has 0 saturated carbocycles. The summed E-state index contributed by atoms with van der Waals surface area (Å²) in [6, 6.07) is 4.03. The number of aryl methyl sites for hydroxylation is 1. The Balaban J connectivity index is 2.55. The largest absolute Gasteiger partial charge is 0.351 e. The Morgan fingerprint density at radius 2 is 2.18 bits per heavy atom. The normalized spacial score (nSPS) is 12.2. The van der Waals surface area contributed by atoms with Gasteiger partial charge in [0.2, 0.25) is 0 Å². The number of benzene rings is 1. The maximum atomic E-state index is 12.8. The highest BCUT2D eigenvalue weighted by molar-refractivity contribution is 7.84. The minimum Gasteiger partial charge on any atom is -0.351 e. The van der Waals surface area contributed by atoms with Crippen LogP contribution in [-0.2, 0) is 10.8 Å². The highest BCUT2D eigenvalue weighted by Crippen LogP contribution is 2.09. The van der Waals surface area contributed by atoms with E-state index in [1.165, 1.54) is 18.2 Å². The molecule has 17 heavy (non-hydrogen) atoms. The van der Waals surface area contributed by atoms with Crippen molar-refractivity contribution < 1.29 is 13.4 Å². The van der Waals surface area contributed by atoms with Crippen LogP contribution in [0.1, 0.15) is 22.8 Å². The van der Waals surface area contributed by atoms with Crippen molar-refractivity contribution in [1.29, 1.82) is 0 Å². The zero-order valence-electron chi connectivity index (χ0n) is 9.96. The zero-order chi connectivity index (χ0) is 12.8. The molecule has 0 bridgehead atoms. The minimum absolute atomic E-state index is 0.254. The second kappa shape index (κ2) is 6.49. The highest BCUT2D eigenvalue weighted by atomic mass is 32.2. The number of hydrogen-bond donors (Lipinski definition) is 1. The van der Waals surface area contributed by atoms with E-state index in [4.69, 9.17) is 0 Å². The van der Waals surface area contributed by atoms with E-state index in [0.29, 0.717) is 29.2 Å². The molecule has 1 aromatic carbocycles. The number of rotatable bonds is 5. The molecule has 1 amide bonds. The molecule has 1 N–H and O–H groups in total. The molecule has 5 heteroatoms. The summed E-state index contributed by atoms with van der Waals surface area (Å²) in [5, 5.41) is 2.67. The summed E-state index contributed by atoms with van der Waals surface area (Å²) in [4.78, 5) is 11.7. The first-order chi connectivity index (χ1) is 8.04. The van der Waals surface area contributed by atoms with E-state index < -0.39 is 10.8 Å². The van der Waals surface area contributed by atoms with Crippen molar-refractivity contribution in [2.45, 2.75) is 13.8 Å². The lowest BCUT2D eigenvalue weighted by Gasteiger charge is -2.07. The van der Waals surface area contributed by atoms with Gasteiger partial charge in [-0.1, -0.05) is 6.92 Å². The van der Waals surface area contributed by atoms with Gasteiger partial charge in [-0.2, -0.15) is 0 Å². The van der Waals surface area contributed by atoms with Crippen LogP contribution < -0.4 is 5.32 Å². The van der Waals surface area contributed by atoms with Gasteiger partial charge in [0.1, 0.15) is 5.82 Å². The third-order valence-electron chi connectivity index (χ3n) is 2.37. The third kappa shape index (κ3) is 4.26. The van der Waals surface area contributed by atoms with E-state index in [-0.39, 0.29) is 11.7 Å². The summed E-state index contributed by atoms with van der Waals surface area (Å²) in [5.74, 6) is 0.426. The maximum absolute atomic E-state index is 12.8. The van der Waals surface area contributed by atoms with Crippen LogP contribution in [0.4, 0.5) is 4.39 Å². The molecule has 0 aromatic heterocycles. The maximum Gasteiger partial charge on any atom is 0.251 e. The molecule has 94 valence electrons. The van der Waals surface area contributed by atoms with Gasteiger partial charge in [-0.3, -0.25) is 9.00 Å². The number of carbonyl (C=O) groups excluding carboxylic acids is 1. The van der Waals surface area contributed by atoms with Crippen molar-refractivity contribution in [1.82, 2.24) is 5.32 Å². The van der Waals surface area contributed by atoms with Crippen molar-refractivity contribution in [2.75, 3.05) is 18.1 Å². The zero-order valence-corrected chi connectivity index (χ0v) is 10.8. The Hall–Kier alpha value is -1.23. The highest BCUT2D eigenvalue weighted by Gasteiger charge is 2.09. The molecule has 0 aliphatic rings. The van der Waals surface area contributed by atoms with Gasteiger partial charge in [0.15, 0.2) is 0 Å². The van der Waals surface area contributed by atoms with Crippen LogP contribution in [0.2, 0.25) is 0 Å². The molecule has 0 radical (unpaired) electrons. The van der Waals surface area contributed by atoms with Gasteiger partial charge in [0, 0.05) is 34.4 Å². The molecule has 0 heterocycles. The van der Waals surface area contributed by atoms with E-state index in [1.54, 1.807) is 6.92 Å². The lowest BCUT2D eigenvalue weighted by atomic mass is 10.1. The van der Waals surface area contributed by atoms with E-state index in [0.717, 1.165) is 0 Å². The van der Waals surface area contributed by atoms with Gasteiger partial charge in [-0.15, -0.1) is 0 Å². The van der Waals surface area contributed by atoms with E-state index in [2.05, 4.69) is 5.32 Å². The average Bonchev–Trinajstić information content (AvgIpc) is 2.28. The number of carbonyl (C=O) groups is 1. The SMILES string of the molecule is CCS(=O)CCNC(=O)c1ccc(F)cc1C. The molecule has 3 nitrogen and oxygen atoms in total. The summed E-state index contributed by atoms with van der Waals surface area (Å²) in [6.07, 6.45) is 0. The van der Waals surface area contributed by atoms with Crippen LogP contribution in [0.25, 0.3) is 0 Å². The fourth-order valence-electron chi connectivity index (χ4n) is 1.40. The molecule has 1 unspecified atom stereocenters. The average molecular weight is 257 g/mol. The van der Waals surface area contributed by atoms with Crippen LogP contribution >= 0.6 is 0 Å². The standard InChI is InChI=1S/C12H16FNO2S/c1-3-17(16)7-6-14-12(15)11-5-4-10(13)8-9(11)2/h4-5,8H,3,6-7H2,1-2H3,(H,14,15). The first-order valence-corrected chi connectivity index (χ1v) is 6.92. The van der Waals surface area contributed by atoms with Crippen LogP contribution in [0.5, 0.6) is 0 Å². The second-order valence-electron chi connectivity index (χ2n) is 3.65. The number of hydrogen-bond acceptors (Lipinski definition) is 2. The van der Waals surface area contributed by atoms with Crippen molar-refractivity contribution in [2.24, 2.45) is 0 Å².